The Morgan fingerprint density at radius 1 is 0.881 bits per heavy atom. The number of morpholine rings is 1. The highest BCUT2D eigenvalue weighted by molar-refractivity contribution is 6.26. The van der Waals surface area contributed by atoms with E-state index in [9.17, 15) is 14.4 Å². The first-order valence-electron chi connectivity index (χ1n) is 13.8. The highest BCUT2D eigenvalue weighted by atomic mass is 16.5. The monoisotopic (exact) mass is 554 g/mol. The SMILES string of the molecule is CC(=O)N1/C(=C\c2cc(-c3cccc4cccnc34)c3cc(C(=O)N4CCOCC4)ccc3n2)C(=O)c2ccccc21. The summed E-state index contributed by atoms with van der Waals surface area (Å²) >= 11 is 0. The van der Waals surface area contributed by atoms with Crippen molar-refractivity contribution in [1.82, 2.24) is 14.9 Å². The standard InChI is InChI=1S/C34H26N4O4/c1-21(39)38-30-10-3-2-8-26(30)33(40)31(38)20-24-19-27(25-9-4-6-22-7-5-13-35-32(22)25)28-18-23(11-12-29(28)36-24)34(41)37-14-16-42-17-15-37/h2-13,18-20H,14-17H2,1H3/b31-20-. The topological polar surface area (TPSA) is 92.7 Å². The zero-order chi connectivity index (χ0) is 28.8. The minimum Gasteiger partial charge on any atom is -0.378 e. The molecule has 2 aliphatic rings. The Bertz CT molecular complexity index is 1950. The molecule has 0 radical (unpaired) electrons. The molecule has 0 atom stereocenters. The zero-order valence-electron chi connectivity index (χ0n) is 22.9. The summed E-state index contributed by atoms with van der Waals surface area (Å²) < 4.78 is 5.43. The number of ether oxygens (including phenoxy) is 1. The molecule has 2 aliphatic heterocycles. The summed E-state index contributed by atoms with van der Waals surface area (Å²) in [5, 5.41) is 1.77. The number of carbonyl (C=O) groups excluding carboxylic acids is 3. The summed E-state index contributed by atoms with van der Waals surface area (Å²) in [4.78, 5) is 52.3. The van der Waals surface area contributed by atoms with Crippen LogP contribution in [0.1, 0.15) is 33.3 Å². The summed E-state index contributed by atoms with van der Waals surface area (Å²) in [6, 6.07) is 24.4. The molecule has 0 N–H and O–H groups in total. The maximum absolute atomic E-state index is 13.4. The van der Waals surface area contributed by atoms with Gasteiger partial charge in [0.2, 0.25) is 11.7 Å². The molecule has 5 aromatic rings. The second kappa shape index (κ2) is 10.3. The molecular formula is C34H26N4O4. The van der Waals surface area contributed by atoms with Crippen LogP contribution in [0.5, 0.6) is 0 Å². The Morgan fingerprint density at radius 3 is 2.50 bits per heavy atom. The van der Waals surface area contributed by atoms with Crippen molar-refractivity contribution in [2.24, 2.45) is 0 Å². The van der Waals surface area contributed by atoms with Crippen LogP contribution >= 0.6 is 0 Å². The van der Waals surface area contributed by atoms with E-state index in [1.54, 1.807) is 47.5 Å². The molecule has 8 heteroatoms. The van der Waals surface area contributed by atoms with Gasteiger partial charge in [-0.05, 0) is 54.1 Å². The van der Waals surface area contributed by atoms with Gasteiger partial charge in [-0.15, -0.1) is 0 Å². The third kappa shape index (κ3) is 4.33. The number of fused-ring (bicyclic) bond motifs is 3. The van der Waals surface area contributed by atoms with E-state index in [0.717, 1.165) is 27.4 Å². The number of para-hydroxylation sites is 2. The Morgan fingerprint density at radius 2 is 1.67 bits per heavy atom. The van der Waals surface area contributed by atoms with E-state index >= 15 is 0 Å². The molecule has 4 heterocycles. The molecule has 1 fully saturated rings. The quantitative estimate of drug-likeness (QED) is 0.273. The van der Waals surface area contributed by atoms with Gasteiger partial charge in [-0.3, -0.25) is 24.3 Å². The lowest BCUT2D eigenvalue weighted by molar-refractivity contribution is -0.116. The fourth-order valence-corrected chi connectivity index (χ4v) is 5.79. The number of Topliss-reactive ketones (excluding diaryl/α,β-unsaturated/α-hetero) is 1. The lowest BCUT2D eigenvalue weighted by Crippen LogP contribution is -2.40. The normalized spacial score (nSPS) is 15.9. The lowest BCUT2D eigenvalue weighted by atomic mass is 9.96. The van der Waals surface area contributed by atoms with Crippen LogP contribution in [0.25, 0.3) is 39.0 Å². The maximum atomic E-state index is 13.4. The van der Waals surface area contributed by atoms with Crippen LogP contribution in [-0.2, 0) is 9.53 Å². The van der Waals surface area contributed by atoms with Crippen molar-refractivity contribution in [3.8, 4) is 11.1 Å². The number of aromatic nitrogens is 2. The van der Waals surface area contributed by atoms with Crippen molar-refractivity contribution in [3.63, 3.8) is 0 Å². The van der Waals surface area contributed by atoms with Crippen molar-refractivity contribution in [1.29, 1.82) is 0 Å². The fourth-order valence-electron chi connectivity index (χ4n) is 5.79. The highest BCUT2D eigenvalue weighted by Crippen LogP contribution is 2.37. The molecule has 42 heavy (non-hydrogen) atoms. The molecule has 0 spiro atoms. The second-order valence-corrected chi connectivity index (χ2v) is 10.3. The minimum absolute atomic E-state index is 0.0557. The van der Waals surface area contributed by atoms with Crippen LogP contribution in [0, 0.1) is 0 Å². The average Bonchev–Trinajstić information content (AvgIpc) is 3.31. The van der Waals surface area contributed by atoms with E-state index in [-0.39, 0.29) is 23.3 Å². The summed E-state index contributed by atoms with van der Waals surface area (Å²) in [6.07, 6.45) is 3.42. The van der Waals surface area contributed by atoms with Crippen LogP contribution < -0.4 is 4.90 Å². The van der Waals surface area contributed by atoms with E-state index in [4.69, 9.17) is 9.72 Å². The van der Waals surface area contributed by atoms with Crippen molar-refractivity contribution >= 4 is 51.2 Å². The average molecular weight is 555 g/mol. The predicted molar refractivity (Wildman–Crippen MR) is 161 cm³/mol. The van der Waals surface area contributed by atoms with Gasteiger partial charge in [-0.25, -0.2) is 4.98 Å². The molecule has 2 amide bonds. The summed E-state index contributed by atoms with van der Waals surface area (Å²) in [7, 11) is 0. The van der Waals surface area contributed by atoms with Crippen molar-refractivity contribution in [3.05, 3.63) is 108 Å². The Hall–Kier alpha value is -5.21. The van der Waals surface area contributed by atoms with E-state index in [1.165, 1.54) is 11.8 Å². The third-order valence-electron chi connectivity index (χ3n) is 7.76. The molecule has 206 valence electrons. The Labute approximate surface area is 241 Å². The number of nitrogens with zero attached hydrogens (tertiary/aromatic N) is 4. The summed E-state index contributed by atoms with van der Waals surface area (Å²) in [5.74, 6) is -0.549. The lowest BCUT2D eigenvalue weighted by Gasteiger charge is -2.27. The number of benzene rings is 3. The van der Waals surface area contributed by atoms with Crippen molar-refractivity contribution < 1.29 is 19.1 Å². The molecule has 3 aromatic carbocycles. The number of allylic oxidation sites excluding steroid dienone is 1. The zero-order valence-corrected chi connectivity index (χ0v) is 22.9. The molecule has 1 saturated heterocycles. The van der Waals surface area contributed by atoms with Crippen LogP contribution in [0.4, 0.5) is 5.69 Å². The van der Waals surface area contributed by atoms with Crippen molar-refractivity contribution in [2.45, 2.75) is 6.92 Å². The maximum Gasteiger partial charge on any atom is 0.254 e. The van der Waals surface area contributed by atoms with Gasteiger partial charge in [-0.2, -0.15) is 0 Å². The van der Waals surface area contributed by atoms with Gasteiger partial charge in [0, 0.05) is 53.7 Å². The second-order valence-electron chi connectivity index (χ2n) is 10.3. The van der Waals surface area contributed by atoms with Gasteiger partial charge in [0.25, 0.3) is 5.91 Å². The smallest absolute Gasteiger partial charge is 0.254 e. The first-order valence-corrected chi connectivity index (χ1v) is 13.8. The number of rotatable bonds is 3. The first-order chi connectivity index (χ1) is 20.5. The first kappa shape index (κ1) is 25.7. The predicted octanol–water partition coefficient (Wildman–Crippen LogP) is 5.51. The van der Waals surface area contributed by atoms with Gasteiger partial charge in [0.15, 0.2) is 0 Å². The van der Waals surface area contributed by atoms with Gasteiger partial charge in [0.05, 0.1) is 41.3 Å². The van der Waals surface area contributed by atoms with E-state index in [1.807, 2.05) is 48.5 Å². The van der Waals surface area contributed by atoms with Gasteiger partial charge in [0.1, 0.15) is 0 Å². The van der Waals surface area contributed by atoms with E-state index in [0.29, 0.717) is 54.3 Å². The molecule has 8 nitrogen and oxygen atoms in total. The van der Waals surface area contributed by atoms with Crippen LogP contribution in [0.3, 0.4) is 0 Å². The Kier molecular flexibility index (Phi) is 6.32. The van der Waals surface area contributed by atoms with Crippen LogP contribution in [-0.4, -0.2) is 58.8 Å². The van der Waals surface area contributed by atoms with Crippen LogP contribution in [0.15, 0.2) is 90.8 Å². The van der Waals surface area contributed by atoms with E-state index in [2.05, 4.69) is 4.98 Å². The molecular weight excluding hydrogens is 528 g/mol. The molecule has 0 saturated carbocycles. The third-order valence-corrected chi connectivity index (χ3v) is 7.76. The summed E-state index contributed by atoms with van der Waals surface area (Å²) in [5.41, 5.74) is 5.53. The number of hydrogen-bond donors (Lipinski definition) is 0. The number of anilines is 1. The highest BCUT2D eigenvalue weighted by Gasteiger charge is 2.34. The molecule has 0 bridgehead atoms. The van der Waals surface area contributed by atoms with Gasteiger partial charge in [-0.1, -0.05) is 36.4 Å². The van der Waals surface area contributed by atoms with E-state index < -0.39 is 0 Å². The fraction of sp³-hybridized carbons (Fsp3) is 0.147. The molecule has 2 aromatic heterocycles. The number of hydrogen-bond acceptors (Lipinski definition) is 6. The number of pyridine rings is 2. The largest absolute Gasteiger partial charge is 0.378 e. The van der Waals surface area contributed by atoms with Gasteiger partial charge >= 0.3 is 0 Å². The molecule has 7 rings (SSSR count). The Balaban J connectivity index is 1.43. The summed E-state index contributed by atoms with van der Waals surface area (Å²) in [6.45, 7) is 3.57. The number of carbonyl (C=O) groups is 3. The van der Waals surface area contributed by atoms with Gasteiger partial charge < -0.3 is 9.64 Å². The number of ketones is 1. The minimum atomic E-state index is -0.259. The van der Waals surface area contributed by atoms with Crippen LogP contribution in [0.2, 0.25) is 0 Å². The molecule has 0 unspecified atom stereocenters. The van der Waals surface area contributed by atoms with Crippen molar-refractivity contribution in [2.75, 3.05) is 31.2 Å². The molecule has 0 aliphatic carbocycles. The number of amides is 2.